The molecule has 0 aromatic carbocycles. The lowest BCUT2D eigenvalue weighted by molar-refractivity contribution is 0.401. The van der Waals surface area contributed by atoms with Gasteiger partial charge >= 0.3 is 0 Å². The molecule has 0 atom stereocenters. The molecular formula is C10H16N2O2S2. The number of hydrogen-bond donors (Lipinski definition) is 2. The van der Waals surface area contributed by atoms with Gasteiger partial charge < -0.3 is 5.73 Å². The Kier molecular flexibility index (Phi) is 2.76. The number of rotatable bonds is 4. The summed E-state index contributed by atoms with van der Waals surface area (Å²) in [5.41, 5.74) is 5.66. The Morgan fingerprint density at radius 2 is 2.12 bits per heavy atom. The van der Waals surface area contributed by atoms with Crippen LogP contribution in [0, 0.1) is 5.92 Å². The fourth-order valence-corrected chi connectivity index (χ4v) is 4.31. The van der Waals surface area contributed by atoms with Crippen LogP contribution in [-0.2, 0) is 10.0 Å². The lowest BCUT2D eigenvalue weighted by Gasteiger charge is -2.25. The van der Waals surface area contributed by atoms with Crippen molar-refractivity contribution in [1.29, 1.82) is 0 Å². The van der Waals surface area contributed by atoms with Crippen molar-refractivity contribution in [3.8, 4) is 0 Å². The maximum Gasteiger partial charge on any atom is 0.250 e. The number of nitrogen functional groups attached to an aromatic ring is 1. The summed E-state index contributed by atoms with van der Waals surface area (Å²) in [5, 5.41) is 1.64. The number of hydrogen-bond acceptors (Lipinski definition) is 4. The monoisotopic (exact) mass is 260 g/mol. The molecule has 2 rings (SSSR count). The van der Waals surface area contributed by atoms with Gasteiger partial charge in [0.05, 0.1) is 0 Å². The second-order valence-corrected chi connectivity index (χ2v) is 7.62. The summed E-state index contributed by atoms with van der Waals surface area (Å²) in [6, 6.07) is 1.50. The molecule has 0 amide bonds. The molecule has 0 bridgehead atoms. The smallest absolute Gasteiger partial charge is 0.250 e. The van der Waals surface area contributed by atoms with E-state index < -0.39 is 10.0 Å². The van der Waals surface area contributed by atoms with Crippen LogP contribution in [0.4, 0.5) is 5.69 Å². The van der Waals surface area contributed by atoms with Gasteiger partial charge in [-0.3, -0.25) is 0 Å². The molecule has 1 aromatic heterocycles. The number of sulfonamides is 1. The number of nitrogens with one attached hydrogen (secondary N) is 1. The molecule has 0 aliphatic heterocycles. The topological polar surface area (TPSA) is 72.2 Å². The molecule has 1 saturated carbocycles. The quantitative estimate of drug-likeness (QED) is 0.867. The van der Waals surface area contributed by atoms with Gasteiger partial charge in [0.25, 0.3) is 10.0 Å². The van der Waals surface area contributed by atoms with E-state index in [1.807, 2.05) is 13.8 Å². The summed E-state index contributed by atoms with van der Waals surface area (Å²) in [6.45, 7) is 3.86. The Morgan fingerprint density at radius 1 is 1.50 bits per heavy atom. The average molecular weight is 260 g/mol. The molecule has 1 fully saturated rings. The number of anilines is 1. The van der Waals surface area contributed by atoms with Crippen molar-refractivity contribution in [2.45, 2.75) is 36.4 Å². The fourth-order valence-electron chi connectivity index (χ4n) is 1.76. The van der Waals surface area contributed by atoms with E-state index in [1.165, 1.54) is 6.07 Å². The first-order valence-electron chi connectivity index (χ1n) is 5.19. The van der Waals surface area contributed by atoms with Crippen LogP contribution in [0.3, 0.4) is 0 Å². The van der Waals surface area contributed by atoms with Gasteiger partial charge in [-0.05, 0) is 38.7 Å². The third kappa shape index (κ3) is 2.39. The van der Waals surface area contributed by atoms with Crippen LogP contribution < -0.4 is 10.5 Å². The number of thiophene rings is 1. The van der Waals surface area contributed by atoms with Gasteiger partial charge in [0.1, 0.15) is 4.21 Å². The van der Waals surface area contributed by atoms with Gasteiger partial charge in [0, 0.05) is 16.6 Å². The predicted octanol–water partition coefficient (Wildman–Crippen LogP) is 1.80. The molecule has 1 aliphatic carbocycles. The van der Waals surface area contributed by atoms with Crippen molar-refractivity contribution in [2.24, 2.45) is 5.92 Å². The molecule has 0 radical (unpaired) electrons. The minimum atomic E-state index is -3.41. The molecule has 1 aliphatic rings. The normalized spacial score (nSPS) is 17.6. The van der Waals surface area contributed by atoms with E-state index >= 15 is 0 Å². The van der Waals surface area contributed by atoms with E-state index in [0.717, 1.165) is 24.2 Å². The molecule has 0 saturated heterocycles. The zero-order valence-corrected chi connectivity index (χ0v) is 11.0. The molecule has 0 spiro atoms. The van der Waals surface area contributed by atoms with Crippen LogP contribution in [0.15, 0.2) is 15.7 Å². The summed E-state index contributed by atoms with van der Waals surface area (Å²) in [5.74, 6) is 0.458. The first-order valence-corrected chi connectivity index (χ1v) is 7.55. The molecule has 16 heavy (non-hydrogen) atoms. The third-order valence-corrected chi connectivity index (χ3v) is 5.99. The van der Waals surface area contributed by atoms with Crippen LogP contribution in [0.5, 0.6) is 0 Å². The van der Waals surface area contributed by atoms with E-state index in [0.29, 0.717) is 15.8 Å². The molecule has 3 N–H and O–H groups in total. The molecule has 90 valence electrons. The van der Waals surface area contributed by atoms with Crippen molar-refractivity contribution >= 4 is 27.0 Å². The number of nitrogens with two attached hydrogens (primary N) is 1. The van der Waals surface area contributed by atoms with Crippen molar-refractivity contribution in [3.05, 3.63) is 11.4 Å². The minimum absolute atomic E-state index is 0.290. The summed E-state index contributed by atoms with van der Waals surface area (Å²) in [7, 11) is -3.41. The van der Waals surface area contributed by atoms with Gasteiger partial charge in [-0.15, -0.1) is 11.3 Å². The Balaban J connectivity index is 2.20. The predicted molar refractivity (Wildman–Crippen MR) is 65.9 cm³/mol. The highest BCUT2D eigenvalue weighted by Gasteiger charge is 2.40. The zero-order chi connectivity index (χ0) is 12.0. The van der Waals surface area contributed by atoms with Crippen LogP contribution in [-0.4, -0.2) is 14.0 Å². The Bertz CT molecular complexity index is 487. The highest BCUT2D eigenvalue weighted by molar-refractivity contribution is 7.91. The largest absolute Gasteiger partial charge is 0.398 e. The van der Waals surface area contributed by atoms with Gasteiger partial charge in [-0.25, -0.2) is 13.1 Å². The molecule has 0 unspecified atom stereocenters. The van der Waals surface area contributed by atoms with Gasteiger partial charge in [-0.2, -0.15) is 0 Å². The van der Waals surface area contributed by atoms with Crippen molar-refractivity contribution in [3.63, 3.8) is 0 Å². The molecule has 6 heteroatoms. The molecule has 4 nitrogen and oxygen atoms in total. The van der Waals surface area contributed by atoms with Crippen LogP contribution in [0.25, 0.3) is 0 Å². The van der Waals surface area contributed by atoms with Gasteiger partial charge in [-0.1, -0.05) is 0 Å². The van der Waals surface area contributed by atoms with E-state index in [9.17, 15) is 8.42 Å². The molecular weight excluding hydrogens is 244 g/mol. The lowest BCUT2D eigenvalue weighted by atomic mass is 10.0. The maximum absolute atomic E-state index is 12.0. The van der Waals surface area contributed by atoms with E-state index in [1.54, 1.807) is 5.38 Å². The lowest BCUT2D eigenvalue weighted by Crippen LogP contribution is -2.44. The Hall–Kier alpha value is -0.590. The van der Waals surface area contributed by atoms with E-state index in [-0.39, 0.29) is 5.54 Å². The van der Waals surface area contributed by atoms with Gasteiger partial charge in [0.15, 0.2) is 0 Å². The summed E-state index contributed by atoms with van der Waals surface area (Å²) >= 11 is 1.15. The van der Waals surface area contributed by atoms with Crippen molar-refractivity contribution < 1.29 is 8.42 Å². The standard InChI is InChI=1S/C10H16N2O2S2/c1-10(2,7-3-4-7)12-16(13,14)9-5-8(11)6-15-9/h5-7,12H,3-4,11H2,1-2H3. The van der Waals surface area contributed by atoms with Crippen molar-refractivity contribution in [2.75, 3.05) is 5.73 Å². The van der Waals surface area contributed by atoms with Crippen molar-refractivity contribution in [1.82, 2.24) is 4.72 Å². The highest BCUT2D eigenvalue weighted by atomic mass is 32.2. The average Bonchev–Trinajstić information content (AvgIpc) is 2.88. The van der Waals surface area contributed by atoms with Crippen LogP contribution in [0.1, 0.15) is 26.7 Å². The van der Waals surface area contributed by atoms with Gasteiger partial charge in [0.2, 0.25) is 0 Å². The second kappa shape index (κ2) is 3.72. The Labute approximate surface area is 99.9 Å². The first-order chi connectivity index (χ1) is 7.31. The first kappa shape index (κ1) is 11.9. The van der Waals surface area contributed by atoms with E-state index in [4.69, 9.17) is 5.73 Å². The van der Waals surface area contributed by atoms with Crippen LogP contribution >= 0.6 is 11.3 Å². The molecule has 1 aromatic rings. The zero-order valence-electron chi connectivity index (χ0n) is 9.36. The SMILES string of the molecule is CC(C)(NS(=O)(=O)c1cc(N)cs1)C1CC1. The van der Waals surface area contributed by atoms with E-state index in [2.05, 4.69) is 4.72 Å². The molecule has 1 heterocycles. The Morgan fingerprint density at radius 3 is 2.56 bits per heavy atom. The third-order valence-electron chi connectivity index (χ3n) is 2.86. The minimum Gasteiger partial charge on any atom is -0.398 e. The summed E-state index contributed by atoms with van der Waals surface area (Å²) < 4.78 is 27.1. The second-order valence-electron chi connectivity index (χ2n) is 4.80. The fraction of sp³-hybridized carbons (Fsp3) is 0.600. The highest BCUT2D eigenvalue weighted by Crippen LogP contribution is 2.40. The summed E-state index contributed by atoms with van der Waals surface area (Å²) in [6.07, 6.45) is 2.20. The van der Waals surface area contributed by atoms with Crippen LogP contribution in [0.2, 0.25) is 0 Å². The summed E-state index contributed by atoms with van der Waals surface area (Å²) in [4.78, 5) is 0. The maximum atomic E-state index is 12.0.